The Balaban J connectivity index is 1.43. The Bertz CT molecular complexity index is 1540. The second-order valence-electron chi connectivity index (χ2n) is 9.97. The van der Waals surface area contributed by atoms with Crippen LogP contribution < -0.4 is 9.47 Å². The lowest BCUT2D eigenvalue weighted by Gasteiger charge is -2.16. The third-order valence-electron chi connectivity index (χ3n) is 7.01. The minimum absolute atomic E-state index is 0.0297. The first kappa shape index (κ1) is 27.7. The second kappa shape index (κ2) is 11.7. The summed E-state index contributed by atoms with van der Waals surface area (Å²) in [6, 6.07) is 14.4. The van der Waals surface area contributed by atoms with Crippen molar-refractivity contribution in [2.75, 3.05) is 26.3 Å². The van der Waals surface area contributed by atoms with E-state index < -0.39 is 11.8 Å². The van der Waals surface area contributed by atoms with Crippen LogP contribution in [0, 0.1) is 19.7 Å². The van der Waals surface area contributed by atoms with Gasteiger partial charge in [-0.05, 0) is 92.4 Å². The molecule has 208 valence electrons. The number of carbonyl (C=O) groups excluding carboxylic acids is 1. The van der Waals surface area contributed by atoms with Crippen molar-refractivity contribution in [1.29, 1.82) is 0 Å². The molecule has 40 heavy (non-hydrogen) atoms. The first-order valence-corrected chi connectivity index (χ1v) is 13.9. The van der Waals surface area contributed by atoms with Gasteiger partial charge in [-0.15, -0.1) is 11.3 Å². The quantitative estimate of drug-likeness (QED) is 0.205. The number of carboxylic acids is 1. The zero-order valence-corrected chi connectivity index (χ0v) is 23.0. The predicted molar refractivity (Wildman–Crippen MR) is 151 cm³/mol. The Labute approximate surface area is 234 Å². The number of carboxylic acid groups (broad SMARTS) is 1. The van der Waals surface area contributed by atoms with Crippen molar-refractivity contribution in [2.24, 2.45) is 0 Å². The summed E-state index contributed by atoms with van der Waals surface area (Å²) in [6.45, 7) is 5.41. The van der Waals surface area contributed by atoms with Gasteiger partial charge in [-0.1, -0.05) is 0 Å². The largest absolute Gasteiger partial charge is 0.489 e. The number of alkyl halides is 1. The van der Waals surface area contributed by atoms with Gasteiger partial charge in [0.25, 0.3) is 0 Å². The number of benzene rings is 3. The molecule has 0 radical (unpaired) electrons. The van der Waals surface area contributed by atoms with Crippen LogP contribution in [0.3, 0.4) is 0 Å². The molecular formula is C31H29F2NO5S. The zero-order valence-electron chi connectivity index (χ0n) is 22.2. The number of hydrogen-bond donors (Lipinski definition) is 1. The fourth-order valence-electron chi connectivity index (χ4n) is 5.12. The molecule has 1 aliphatic heterocycles. The highest BCUT2D eigenvalue weighted by Gasteiger charge is 2.26. The van der Waals surface area contributed by atoms with Crippen LogP contribution in [0.25, 0.3) is 10.1 Å². The number of aromatic carboxylic acids is 1. The fraction of sp³-hybridized carbons (Fsp3) is 0.290. The van der Waals surface area contributed by atoms with Crippen molar-refractivity contribution in [3.63, 3.8) is 0 Å². The Kier molecular flexibility index (Phi) is 8.14. The number of fused-ring (bicyclic) bond motifs is 1. The average molecular weight is 566 g/mol. The van der Waals surface area contributed by atoms with E-state index in [0.717, 1.165) is 37.4 Å². The lowest BCUT2D eigenvalue weighted by molar-refractivity contribution is 0.0696. The third-order valence-corrected chi connectivity index (χ3v) is 8.14. The summed E-state index contributed by atoms with van der Waals surface area (Å²) in [5.41, 5.74) is 1.50. The smallest absolute Gasteiger partial charge is 0.335 e. The lowest BCUT2D eigenvalue weighted by atomic mass is 9.97. The Morgan fingerprint density at radius 2 is 1.75 bits per heavy atom. The normalized spacial score (nSPS) is 15.4. The Hall–Kier alpha value is -3.82. The standard InChI is InChI=1S/C31H29F2NO5S/c1-18-14-21(33)15-19(2)27(18)28(35)30-29(25-9-4-20(31(36)37)16-26(25)40-30)39-23-7-5-22(6-8-23)38-24-10-13-34(17-24)12-3-11-32/h4-9,14-16,24H,3,10-13,17H2,1-2H3,(H,36,37). The van der Waals surface area contributed by atoms with Gasteiger partial charge >= 0.3 is 5.97 Å². The van der Waals surface area contributed by atoms with Gasteiger partial charge in [0.05, 0.1) is 12.2 Å². The molecule has 0 aliphatic carbocycles. The van der Waals surface area contributed by atoms with E-state index in [2.05, 4.69) is 4.90 Å². The average Bonchev–Trinajstić information content (AvgIpc) is 3.51. The molecule has 1 aromatic heterocycles. The molecule has 0 amide bonds. The number of halogens is 2. The molecule has 1 fully saturated rings. The highest BCUT2D eigenvalue weighted by molar-refractivity contribution is 7.21. The van der Waals surface area contributed by atoms with Gasteiger partial charge in [-0.2, -0.15) is 0 Å². The molecule has 0 bridgehead atoms. The number of rotatable bonds is 10. The van der Waals surface area contributed by atoms with E-state index >= 15 is 0 Å². The van der Waals surface area contributed by atoms with Crippen LogP contribution in [0.15, 0.2) is 54.6 Å². The van der Waals surface area contributed by atoms with Gasteiger partial charge in [-0.25, -0.2) is 9.18 Å². The maximum Gasteiger partial charge on any atom is 0.335 e. The summed E-state index contributed by atoms with van der Waals surface area (Å²) < 4.78 is 39.4. The first-order valence-electron chi connectivity index (χ1n) is 13.1. The van der Waals surface area contributed by atoms with Crippen LogP contribution in [-0.4, -0.2) is 54.2 Å². The van der Waals surface area contributed by atoms with E-state index in [1.165, 1.54) is 24.3 Å². The van der Waals surface area contributed by atoms with Gasteiger partial charge in [0, 0.05) is 35.3 Å². The van der Waals surface area contributed by atoms with Crippen LogP contribution in [0.5, 0.6) is 17.2 Å². The topological polar surface area (TPSA) is 76.1 Å². The Morgan fingerprint density at radius 3 is 2.42 bits per heavy atom. The summed E-state index contributed by atoms with van der Waals surface area (Å²) >= 11 is 1.15. The lowest BCUT2D eigenvalue weighted by Crippen LogP contribution is -2.26. The summed E-state index contributed by atoms with van der Waals surface area (Å²) in [4.78, 5) is 27.8. The molecule has 9 heteroatoms. The van der Waals surface area contributed by atoms with Crippen LogP contribution in [0.1, 0.15) is 49.6 Å². The molecule has 4 aromatic rings. The van der Waals surface area contributed by atoms with Crippen LogP contribution >= 0.6 is 11.3 Å². The van der Waals surface area contributed by atoms with Crippen molar-refractivity contribution >= 4 is 33.2 Å². The summed E-state index contributed by atoms with van der Waals surface area (Å²) in [6.07, 6.45) is 1.43. The molecule has 1 N–H and O–H groups in total. The van der Waals surface area contributed by atoms with Crippen LogP contribution in [-0.2, 0) is 0 Å². The second-order valence-corrected chi connectivity index (χ2v) is 11.0. The molecule has 1 unspecified atom stereocenters. The van der Waals surface area contributed by atoms with Crippen LogP contribution in [0.4, 0.5) is 8.78 Å². The fourth-order valence-corrected chi connectivity index (χ4v) is 6.23. The SMILES string of the molecule is Cc1cc(F)cc(C)c1C(=O)c1sc2cc(C(=O)O)ccc2c1Oc1ccc(OC2CCN(CCCF)C2)cc1. The highest BCUT2D eigenvalue weighted by atomic mass is 32.1. The first-order chi connectivity index (χ1) is 19.2. The molecule has 6 nitrogen and oxygen atoms in total. The highest BCUT2D eigenvalue weighted by Crippen LogP contribution is 2.42. The number of thiophene rings is 1. The van der Waals surface area contributed by atoms with Gasteiger partial charge in [0.1, 0.15) is 28.3 Å². The monoisotopic (exact) mass is 565 g/mol. The summed E-state index contributed by atoms with van der Waals surface area (Å²) in [5, 5.41) is 10.1. The molecule has 3 aromatic carbocycles. The maximum atomic E-state index is 13.9. The van der Waals surface area contributed by atoms with E-state index in [0.29, 0.717) is 55.3 Å². The van der Waals surface area contributed by atoms with E-state index in [1.54, 1.807) is 44.2 Å². The summed E-state index contributed by atoms with van der Waals surface area (Å²) in [7, 11) is 0. The molecule has 0 spiro atoms. The zero-order chi connectivity index (χ0) is 28.4. The van der Waals surface area contributed by atoms with Crippen molar-refractivity contribution in [3.05, 3.63) is 87.5 Å². The number of nitrogens with zero attached hydrogens (tertiary/aromatic N) is 1. The molecule has 1 aliphatic rings. The molecule has 1 atom stereocenters. The van der Waals surface area contributed by atoms with Gasteiger partial charge in [0.2, 0.25) is 5.78 Å². The summed E-state index contributed by atoms with van der Waals surface area (Å²) in [5.74, 6) is -0.330. The number of likely N-dealkylation sites (tertiary alicyclic amines) is 1. The molecule has 5 rings (SSSR count). The van der Waals surface area contributed by atoms with Crippen molar-refractivity contribution in [2.45, 2.75) is 32.8 Å². The molecule has 1 saturated heterocycles. The van der Waals surface area contributed by atoms with Gasteiger partial charge in [-0.3, -0.25) is 14.1 Å². The molecule has 2 heterocycles. The minimum Gasteiger partial charge on any atom is -0.489 e. The number of ether oxygens (including phenoxy) is 2. The maximum absolute atomic E-state index is 13.9. The third kappa shape index (κ3) is 5.85. The molecular weight excluding hydrogens is 536 g/mol. The number of aryl methyl sites for hydroxylation is 2. The van der Waals surface area contributed by atoms with Gasteiger partial charge < -0.3 is 14.6 Å². The molecule has 0 saturated carbocycles. The van der Waals surface area contributed by atoms with Crippen molar-refractivity contribution < 1.29 is 33.0 Å². The van der Waals surface area contributed by atoms with E-state index in [4.69, 9.17) is 9.47 Å². The number of carbonyl (C=O) groups is 2. The van der Waals surface area contributed by atoms with Gasteiger partial charge in [0.15, 0.2) is 5.75 Å². The Morgan fingerprint density at radius 1 is 1.05 bits per heavy atom. The van der Waals surface area contributed by atoms with Crippen molar-refractivity contribution in [1.82, 2.24) is 4.90 Å². The number of hydrogen-bond acceptors (Lipinski definition) is 6. The predicted octanol–water partition coefficient (Wildman–Crippen LogP) is 7.19. The van der Waals surface area contributed by atoms with Crippen molar-refractivity contribution in [3.8, 4) is 17.2 Å². The van der Waals surface area contributed by atoms with E-state index in [-0.39, 0.29) is 24.1 Å². The number of ketones is 1. The van der Waals surface area contributed by atoms with E-state index in [1.807, 2.05) is 0 Å². The van der Waals surface area contributed by atoms with Crippen LogP contribution in [0.2, 0.25) is 0 Å². The minimum atomic E-state index is -1.07. The van der Waals surface area contributed by atoms with E-state index in [9.17, 15) is 23.5 Å².